The van der Waals surface area contributed by atoms with Gasteiger partial charge < -0.3 is 0 Å². The summed E-state index contributed by atoms with van der Waals surface area (Å²) in [5.41, 5.74) is 12.5. The number of para-hydroxylation sites is 2. The Morgan fingerprint density at radius 1 is 0.302 bits per heavy atom. The monoisotopic (exact) mass is 695 g/mol. The van der Waals surface area contributed by atoms with Gasteiger partial charge in [0.05, 0.1) is 11.0 Å². The molecule has 0 radical (unpaired) electrons. The van der Waals surface area contributed by atoms with Gasteiger partial charge in [-0.1, -0.05) is 152 Å². The van der Waals surface area contributed by atoms with Crippen molar-refractivity contribution >= 4 is 42.8 Å². The molecule has 0 aliphatic heterocycles. The molecule has 7 aromatic carbocycles. The summed E-state index contributed by atoms with van der Waals surface area (Å²) in [7, 11) is 0. The van der Waals surface area contributed by atoms with E-state index in [-0.39, 0.29) is 0 Å². The van der Waals surface area contributed by atoms with E-state index in [1.807, 2.05) is 60.7 Å². The molecule has 5 nitrogen and oxygen atoms in total. The number of rotatable bonds is 6. The molecule has 0 unspecified atom stereocenters. The molecule has 0 bridgehead atoms. The highest BCUT2D eigenvalue weighted by atomic mass is 32.1. The molecule has 3 aromatic heterocycles. The molecule has 10 aromatic rings. The number of nitrogens with zero attached hydrogens (tertiary/aromatic N) is 5. The van der Waals surface area contributed by atoms with Crippen LogP contribution in [0.3, 0.4) is 0 Å². The van der Waals surface area contributed by atoms with Crippen LogP contribution in [0.25, 0.3) is 99.0 Å². The number of benzene rings is 7. The van der Waals surface area contributed by atoms with Gasteiger partial charge in [0, 0.05) is 26.8 Å². The Morgan fingerprint density at radius 2 is 0.717 bits per heavy atom. The normalized spacial score (nSPS) is 11.4. The smallest absolute Gasteiger partial charge is 0.164 e. The van der Waals surface area contributed by atoms with Crippen molar-refractivity contribution in [2.45, 2.75) is 0 Å². The summed E-state index contributed by atoms with van der Waals surface area (Å²) in [5.74, 6) is 1.92. The first-order valence-electron chi connectivity index (χ1n) is 17.5. The van der Waals surface area contributed by atoms with Gasteiger partial charge in [-0.2, -0.15) is 0 Å². The molecule has 10 rings (SSSR count). The zero-order valence-corrected chi connectivity index (χ0v) is 29.2. The highest BCUT2D eigenvalue weighted by Gasteiger charge is 2.14. The van der Waals surface area contributed by atoms with Gasteiger partial charge in [-0.05, 0) is 57.6 Å². The largest absolute Gasteiger partial charge is 0.243 e. The summed E-state index contributed by atoms with van der Waals surface area (Å²) in [6.07, 6.45) is 0. The predicted molar refractivity (Wildman–Crippen MR) is 218 cm³/mol. The molecule has 0 aliphatic rings. The number of hydrogen-bond donors (Lipinski definition) is 0. The van der Waals surface area contributed by atoms with Crippen molar-refractivity contribution in [1.29, 1.82) is 0 Å². The zero-order valence-electron chi connectivity index (χ0n) is 28.4. The van der Waals surface area contributed by atoms with Gasteiger partial charge in [0.25, 0.3) is 0 Å². The van der Waals surface area contributed by atoms with Gasteiger partial charge in [-0.15, -0.1) is 11.3 Å². The van der Waals surface area contributed by atoms with E-state index in [0.717, 1.165) is 71.3 Å². The lowest BCUT2D eigenvalue weighted by Gasteiger charge is -2.10. The van der Waals surface area contributed by atoms with E-state index in [1.54, 1.807) is 11.3 Å². The van der Waals surface area contributed by atoms with Crippen LogP contribution in [0.2, 0.25) is 0 Å². The van der Waals surface area contributed by atoms with Crippen molar-refractivity contribution in [2.75, 3.05) is 0 Å². The lowest BCUT2D eigenvalue weighted by molar-refractivity contribution is 1.07. The standard InChI is InChI=1S/C47H29N5S/c1-3-10-30(11-4-1)31-18-22-34(23-19-31)45-50-44(33-12-5-2-6-13-33)51-46(52-45)35-24-20-32(21-25-35)36-14-9-15-37(28-36)38-26-27-39-42(29-38)53-47-43(39)48-40-16-7-8-17-41(40)49-47/h1-29H. The van der Waals surface area contributed by atoms with Crippen molar-refractivity contribution in [3.8, 4) is 67.5 Å². The van der Waals surface area contributed by atoms with Gasteiger partial charge in [0.15, 0.2) is 17.5 Å². The lowest BCUT2D eigenvalue weighted by atomic mass is 9.98. The van der Waals surface area contributed by atoms with Gasteiger partial charge in [0.1, 0.15) is 10.3 Å². The summed E-state index contributed by atoms with van der Waals surface area (Å²) < 4.78 is 1.18. The molecule has 0 aliphatic carbocycles. The highest BCUT2D eigenvalue weighted by Crippen LogP contribution is 2.37. The van der Waals surface area contributed by atoms with Crippen molar-refractivity contribution in [1.82, 2.24) is 24.9 Å². The molecule has 53 heavy (non-hydrogen) atoms. The maximum atomic E-state index is 4.98. The van der Waals surface area contributed by atoms with E-state index in [0.29, 0.717) is 17.5 Å². The van der Waals surface area contributed by atoms with Crippen LogP contribution in [0, 0.1) is 0 Å². The molecule has 0 N–H and O–H groups in total. The van der Waals surface area contributed by atoms with Crippen LogP contribution in [0.4, 0.5) is 0 Å². The van der Waals surface area contributed by atoms with Gasteiger partial charge in [0.2, 0.25) is 0 Å². The molecular weight excluding hydrogens is 667 g/mol. The second-order valence-corrected chi connectivity index (χ2v) is 14.0. The lowest BCUT2D eigenvalue weighted by Crippen LogP contribution is -2.00. The maximum Gasteiger partial charge on any atom is 0.164 e. The van der Waals surface area contributed by atoms with E-state index in [4.69, 9.17) is 24.9 Å². The second kappa shape index (κ2) is 13.0. The third-order valence-corrected chi connectivity index (χ3v) is 10.6. The van der Waals surface area contributed by atoms with Crippen molar-refractivity contribution in [3.05, 3.63) is 176 Å². The Balaban J connectivity index is 0.974. The SMILES string of the molecule is c1ccc(-c2ccc(-c3nc(-c4ccccc4)nc(-c4ccc(-c5cccc(-c6ccc7c(c6)sc6nc8ccccc8nc67)c5)cc4)n3)cc2)cc1. The van der Waals surface area contributed by atoms with Crippen LogP contribution < -0.4 is 0 Å². The van der Waals surface area contributed by atoms with Gasteiger partial charge >= 0.3 is 0 Å². The fourth-order valence-corrected chi connectivity index (χ4v) is 7.86. The average Bonchev–Trinajstić information content (AvgIpc) is 3.60. The van der Waals surface area contributed by atoms with Crippen molar-refractivity contribution < 1.29 is 0 Å². The van der Waals surface area contributed by atoms with Crippen LogP contribution in [-0.2, 0) is 0 Å². The molecule has 0 spiro atoms. The van der Waals surface area contributed by atoms with Crippen LogP contribution in [-0.4, -0.2) is 24.9 Å². The fourth-order valence-electron chi connectivity index (χ4n) is 6.80. The topological polar surface area (TPSA) is 64.5 Å². The van der Waals surface area contributed by atoms with Crippen LogP contribution in [0.15, 0.2) is 176 Å². The predicted octanol–water partition coefficient (Wildman–Crippen LogP) is 12.2. The third kappa shape index (κ3) is 5.91. The Bertz CT molecular complexity index is 2920. The number of aromatic nitrogens is 5. The molecule has 6 heteroatoms. The number of thiophene rings is 1. The van der Waals surface area contributed by atoms with E-state index < -0.39 is 0 Å². The number of hydrogen-bond acceptors (Lipinski definition) is 6. The van der Waals surface area contributed by atoms with E-state index in [1.165, 1.54) is 10.3 Å². The molecule has 0 fully saturated rings. The Morgan fingerprint density at radius 3 is 1.34 bits per heavy atom. The molecule has 0 atom stereocenters. The van der Waals surface area contributed by atoms with Gasteiger partial charge in [-0.3, -0.25) is 0 Å². The molecule has 0 amide bonds. The van der Waals surface area contributed by atoms with E-state index >= 15 is 0 Å². The summed E-state index contributed by atoms with van der Waals surface area (Å²) >= 11 is 1.69. The minimum absolute atomic E-state index is 0.634. The Hall–Kier alpha value is -6.89. The Kier molecular flexibility index (Phi) is 7.59. The van der Waals surface area contributed by atoms with Crippen LogP contribution in [0.1, 0.15) is 0 Å². The first-order chi connectivity index (χ1) is 26.2. The summed E-state index contributed by atoms with van der Waals surface area (Å²) in [4.78, 5) is 25.7. The fraction of sp³-hybridized carbons (Fsp3) is 0. The molecular formula is C47H29N5S. The molecule has 0 saturated heterocycles. The number of fused-ring (bicyclic) bond motifs is 4. The molecule has 0 saturated carbocycles. The quantitative estimate of drug-likeness (QED) is 0.173. The van der Waals surface area contributed by atoms with Crippen molar-refractivity contribution in [2.24, 2.45) is 0 Å². The molecule has 248 valence electrons. The molecule has 3 heterocycles. The highest BCUT2D eigenvalue weighted by molar-refractivity contribution is 7.25. The first-order valence-corrected chi connectivity index (χ1v) is 18.3. The van der Waals surface area contributed by atoms with E-state index in [9.17, 15) is 0 Å². The average molecular weight is 696 g/mol. The zero-order chi connectivity index (χ0) is 35.1. The van der Waals surface area contributed by atoms with E-state index in [2.05, 4.69) is 115 Å². The maximum absolute atomic E-state index is 4.98. The third-order valence-electron chi connectivity index (χ3n) is 9.57. The van der Waals surface area contributed by atoms with Crippen molar-refractivity contribution in [3.63, 3.8) is 0 Å². The summed E-state index contributed by atoms with van der Waals surface area (Å²) in [5, 5.41) is 1.14. The van der Waals surface area contributed by atoms with Gasteiger partial charge in [-0.25, -0.2) is 24.9 Å². The summed E-state index contributed by atoms with van der Waals surface area (Å²) in [6.45, 7) is 0. The van der Waals surface area contributed by atoms with Crippen LogP contribution in [0.5, 0.6) is 0 Å². The van der Waals surface area contributed by atoms with Crippen LogP contribution >= 0.6 is 11.3 Å². The first kappa shape index (κ1) is 30.9. The second-order valence-electron chi connectivity index (χ2n) is 13.0. The minimum atomic E-state index is 0.634. The summed E-state index contributed by atoms with van der Waals surface area (Å²) in [6, 6.07) is 60.7. The Labute approximate surface area is 310 Å². The minimum Gasteiger partial charge on any atom is -0.243 e.